The largest absolute Gasteiger partial charge is 0.336 e. The molecule has 2 aromatic heterocycles. The summed E-state index contributed by atoms with van der Waals surface area (Å²) in [5.41, 5.74) is 7.70. The maximum atomic E-state index is 15.1. The Labute approximate surface area is 375 Å². The number of hydrogen-bond donors (Lipinski definition) is 0. The Balaban J connectivity index is 1.09. The van der Waals surface area contributed by atoms with Crippen LogP contribution in [0, 0.1) is 34.9 Å². The van der Waals surface area contributed by atoms with Crippen LogP contribution in [0.1, 0.15) is 11.1 Å². The van der Waals surface area contributed by atoms with Gasteiger partial charge in [0.2, 0.25) is 0 Å². The normalized spacial score (nSPS) is 11.6. The van der Waals surface area contributed by atoms with Gasteiger partial charge in [-0.1, -0.05) is 72.8 Å². The number of rotatable bonds is 10. The number of hydrogen-bond acceptors (Lipinski definition) is 2. The lowest BCUT2D eigenvalue weighted by atomic mass is 10.1. The minimum atomic E-state index is -0.986. The molecule has 0 aliphatic rings. The Morgan fingerprint density at radius 2 is 0.591 bits per heavy atom. The Morgan fingerprint density at radius 3 is 0.985 bits per heavy atom. The monoisotopic (exact) mass is 878 g/mol. The fourth-order valence-corrected chi connectivity index (χ4v) is 9.26. The van der Waals surface area contributed by atoms with E-state index in [4.69, 9.17) is 0 Å². The maximum Gasteiger partial charge on any atom is 0.134 e. The molecule has 10 heteroatoms. The highest BCUT2D eigenvalue weighted by molar-refractivity contribution is 6.11. The highest BCUT2D eigenvalue weighted by Crippen LogP contribution is 2.43. The number of anilines is 6. The molecule has 11 rings (SSSR count). The first-order chi connectivity index (χ1) is 32.2. The summed E-state index contributed by atoms with van der Waals surface area (Å²) in [6.07, 6.45) is 0. The summed E-state index contributed by atoms with van der Waals surface area (Å²) >= 11 is 0. The van der Waals surface area contributed by atoms with Crippen LogP contribution in [0.15, 0.2) is 194 Å². The number of halogens is 6. The third-order valence-electron chi connectivity index (χ3n) is 12.3. The Morgan fingerprint density at radius 1 is 0.288 bits per heavy atom. The molecular formula is C56H36F6N4. The summed E-state index contributed by atoms with van der Waals surface area (Å²) in [4.78, 5) is 4.30. The fourth-order valence-electron chi connectivity index (χ4n) is 9.26. The van der Waals surface area contributed by atoms with E-state index in [2.05, 4.69) is 58.3 Å². The summed E-state index contributed by atoms with van der Waals surface area (Å²) in [6.45, 7) is -0.337. The van der Waals surface area contributed by atoms with E-state index in [-0.39, 0.29) is 24.2 Å². The molecule has 0 spiro atoms. The molecular weight excluding hydrogens is 843 g/mol. The molecule has 0 fully saturated rings. The van der Waals surface area contributed by atoms with Crippen molar-refractivity contribution in [3.8, 4) is 0 Å². The number of fused-ring (bicyclic) bond motifs is 6. The van der Waals surface area contributed by atoms with Crippen LogP contribution in [0.25, 0.3) is 43.6 Å². The van der Waals surface area contributed by atoms with E-state index < -0.39 is 34.9 Å². The van der Waals surface area contributed by atoms with Gasteiger partial charge >= 0.3 is 0 Å². The molecule has 0 saturated heterocycles. The zero-order valence-electron chi connectivity index (χ0n) is 34.9. The van der Waals surface area contributed by atoms with Gasteiger partial charge in [0.25, 0.3) is 0 Å². The summed E-state index contributed by atoms with van der Waals surface area (Å²) < 4.78 is 92.2. The minimum absolute atomic E-state index is 0.168. The second-order valence-electron chi connectivity index (χ2n) is 16.2. The van der Waals surface area contributed by atoms with Crippen molar-refractivity contribution >= 4 is 77.7 Å². The van der Waals surface area contributed by atoms with Crippen molar-refractivity contribution in [3.63, 3.8) is 0 Å². The van der Waals surface area contributed by atoms with Crippen molar-refractivity contribution in [2.45, 2.75) is 13.1 Å². The van der Waals surface area contributed by atoms with E-state index in [1.54, 1.807) is 0 Å². The van der Waals surface area contributed by atoms with Crippen molar-refractivity contribution < 1.29 is 26.3 Å². The van der Waals surface area contributed by atoms with E-state index in [0.29, 0.717) is 24.3 Å². The molecule has 2 heterocycles. The van der Waals surface area contributed by atoms with Crippen molar-refractivity contribution in [2.75, 3.05) is 9.80 Å². The van der Waals surface area contributed by atoms with E-state index in [1.807, 2.05) is 130 Å². The first kappa shape index (κ1) is 40.5. The van der Waals surface area contributed by atoms with Gasteiger partial charge in [-0.15, -0.1) is 0 Å². The topological polar surface area (TPSA) is 16.3 Å². The van der Waals surface area contributed by atoms with Gasteiger partial charge in [0.05, 0.1) is 13.1 Å². The smallest absolute Gasteiger partial charge is 0.134 e. The number of aromatic nitrogens is 2. The van der Waals surface area contributed by atoms with Gasteiger partial charge in [-0.3, -0.25) is 0 Å². The molecule has 0 saturated carbocycles. The average molecular weight is 879 g/mol. The van der Waals surface area contributed by atoms with E-state index in [1.165, 1.54) is 0 Å². The van der Waals surface area contributed by atoms with Gasteiger partial charge in [0.1, 0.15) is 34.9 Å². The summed E-state index contributed by atoms with van der Waals surface area (Å²) in [5.74, 6) is -5.83. The molecule has 0 aliphatic heterocycles. The highest BCUT2D eigenvalue weighted by atomic mass is 19.2. The zero-order valence-corrected chi connectivity index (χ0v) is 34.9. The van der Waals surface area contributed by atoms with E-state index in [0.717, 1.165) is 77.7 Å². The van der Waals surface area contributed by atoms with Crippen LogP contribution >= 0.6 is 0 Å². The van der Waals surface area contributed by atoms with E-state index >= 15 is 17.6 Å². The molecule has 66 heavy (non-hydrogen) atoms. The van der Waals surface area contributed by atoms with Gasteiger partial charge in [-0.05, 0) is 97.1 Å². The average Bonchev–Trinajstić information content (AvgIpc) is 3.81. The lowest BCUT2D eigenvalue weighted by molar-refractivity contribution is 0.518. The lowest BCUT2D eigenvalue weighted by Gasteiger charge is -2.28. The van der Waals surface area contributed by atoms with Crippen LogP contribution in [0.2, 0.25) is 0 Å². The van der Waals surface area contributed by atoms with Crippen molar-refractivity contribution in [1.82, 2.24) is 9.13 Å². The van der Waals surface area contributed by atoms with Crippen molar-refractivity contribution in [1.29, 1.82) is 0 Å². The Kier molecular flexibility index (Phi) is 10.1. The summed E-state index contributed by atoms with van der Waals surface area (Å²) in [7, 11) is 0. The quantitative estimate of drug-likeness (QED) is 0.127. The zero-order chi connectivity index (χ0) is 45.1. The number of para-hydroxylation sites is 4. The molecule has 9 aromatic carbocycles. The molecule has 0 bridgehead atoms. The van der Waals surface area contributed by atoms with Gasteiger partial charge < -0.3 is 18.9 Å². The van der Waals surface area contributed by atoms with Crippen LogP contribution in [0.5, 0.6) is 0 Å². The molecule has 0 N–H and O–H groups in total. The first-order valence-corrected chi connectivity index (χ1v) is 21.3. The molecule has 0 radical (unpaired) electrons. The standard InChI is InChI=1S/C56H36F6N4/c57-35-27-49(59)47(50(60)28-35)33-63-53-17-9-7-15-43(53)45-31-41(23-25-55(45)63)66(40-21-19-39(20-22-40)65(37-11-3-1-4-12-37)38-13-5-2-6-14-38)42-24-26-56-46(32-42)44-16-8-10-18-54(44)64(56)34-48-51(61)29-36(58)30-52(48)62/h1-32H,33-34H2. The third-order valence-corrected chi connectivity index (χ3v) is 12.3. The molecule has 4 nitrogen and oxygen atoms in total. The SMILES string of the molecule is Fc1cc(F)c(Cn2c3ccccc3c3cc(N(c4ccc(N(c5ccccc5)c5ccccc5)cc4)c4ccc5c(c4)c4ccccc4n5Cc4c(F)cc(F)cc4F)ccc32)c(F)c1. The second-order valence-corrected chi connectivity index (χ2v) is 16.2. The Hall–Kier alpha value is -8.24. The first-order valence-electron chi connectivity index (χ1n) is 21.3. The van der Waals surface area contributed by atoms with Crippen LogP contribution < -0.4 is 9.80 Å². The molecule has 0 aliphatic carbocycles. The van der Waals surface area contributed by atoms with Gasteiger partial charge in [0.15, 0.2) is 0 Å². The molecule has 0 atom stereocenters. The second kappa shape index (κ2) is 16.4. The van der Waals surface area contributed by atoms with Gasteiger partial charge in [-0.2, -0.15) is 0 Å². The lowest BCUT2D eigenvalue weighted by Crippen LogP contribution is -2.12. The van der Waals surface area contributed by atoms with Gasteiger partial charge in [-0.25, -0.2) is 26.3 Å². The third kappa shape index (κ3) is 7.07. The van der Waals surface area contributed by atoms with Crippen molar-refractivity contribution in [3.05, 3.63) is 240 Å². The van der Waals surface area contributed by atoms with Crippen LogP contribution in [0.3, 0.4) is 0 Å². The maximum absolute atomic E-state index is 15.1. The minimum Gasteiger partial charge on any atom is -0.336 e. The number of benzene rings is 9. The summed E-state index contributed by atoms with van der Waals surface area (Å²) in [5, 5.41) is 3.36. The highest BCUT2D eigenvalue weighted by Gasteiger charge is 2.23. The van der Waals surface area contributed by atoms with Crippen LogP contribution in [-0.4, -0.2) is 9.13 Å². The molecule has 322 valence electrons. The molecule has 0 amide bonds. The van der Waals surface area contributed by atoms with Gasteiger partial charge in [0, 0.05) is 113 Å². The van der Waals surface area contributed by atoms with Crippen molar-refractivity contribution in [2.24, 2.45) is 0 Å². The molecule has 0 unspecified atom stereocenters. The fraction of sp³-hybridized carbons (Fsp3) is 0.0357. The molecule has 11 aromatic rings. The summed E-state index contributed by atoms with van der Waals surface area (Å²) in [6, 6.07) is 58.3. The van der Waals surface area contributed by atoms with Crippen LogP contribution in [-0.2, 0) is 13.1 Å². The predicted octanol–water partition coefficient (Wildman–Crippen LogP) is 15.8. The number of nitrogens with zero attached hydrogens (tertiary/aromatic N) is 4. The van der Waals surface area contributed by atoms with E-state index in [9.17, 15) is 8.78 Å². The Bertz CT molecular complexity index is 3360. The predicted molar refractivity (Wildman–Crippen MR) is 253 cm³/mol. The van der Waals surface area contributed by atoms with Crippen LogP contribution in [0.4, 0.5) is 60.5 Å².